The number of halogens is 1. The Morgan fingerprint density at radius 1 is 1.19 bits per heavy atom. The number of anilines is 1. The summed E-state index contributed by atoms with van der Waals surface area (Å²) in [5.41, 5.74) is 1.31. The molecule has 1 amide bonds. The van der Waals surface area contributed by atoms with Crippen molar-refractivity contribution >= 4 is 23.3 Å². The van der Waals surface area contributed by atoms with Gasteiger partial charge in [-0.1, -0.05) is 23.7 Å². The van der Waals surface area contributed by atoms with E-state index in [1.54, 1.807) is 18.2 Å². The van der Waals surface area contributed by atoms with Gasteiger partial charge >= 0.3 is 0 Å². The second kappa shape index (κ2) is 9.47. The van der Waals surface area contributed by atoms with E-state index in [1.807, 2.05) is 12.1 Å². The highest BCUT2D eigenvalue weighted by atomic mass is 35.5. The minimum Gasteiger partial charge on any atom is -0.379 e. The summed E-state index contributed by atoms with van der Waals surface area (Å²) in [6, 6.07) is 9.01. The van der Waals surface area contributed by atoms with Crippen LogP contribution in [-0.4, -0.2) is 60.2 Å². The zero-order chi connectivity index (χ0) is 18.2. The van der Waals surface area contributed by atoms with Gasteiger partial charge in [0.1, 0.15) is 17.8 Å². The maximum atomic E-state index is 12.3. The number of benzene rings is 1. The van der Waals surface area contributed by atoms with Crippen molar-refractivity contribution in [3.05, 3.63) is 52.9 Å². The molecule has 26 heavy (non-hydrogen) atoms. The zero-order valence-corrected chi connectivity index (χ0v) is 15.2. The highest BCUT2D eigenvalue weighted by Gasteiger charge is 2.11. The molecule has 1 aromatic carbocycles. The molecule has 0 atom stereocenters. The molecule has 2 aromatic rings. The third-order valence-electron chi connectivity index (χ3n) is 4.10. The zero-order valence-electron chi connectivity index (χ0n) is 14.4. The molecule has 0 saturated carbocycles. The Morgan fingerprint density at radius 2 is 1.96 bits per heavy atom. The van der Waals surface area contributed by atoms with Gasteiger partial charge in [-0.05, 0) is 17.7 Å². The third kappa shape index (κ3) is 5.66. The first kappa shape index (κ1) is 18.6. The lowest BCUT2D eigenvalue weighted by Gasteiger charge is -2.26. The molecule has 1 fully saturated rings. The van der Waals surface area contributed by atoms with Crippen LogP contribution in [0.1, 0.15) is 16.1 Å². The molecule has 2 heterocycles. The van der Waals surface area contributed by atoms with Gasteiger partial charge in [0.15, 0.2) is 0 Å². The van der Waals surface area contributed by atoms with Gasteiger partial charge < -0.3 is 15.4 Å². The molecule has 1 saturated heterocycles. The topological polar surface area (TPSA) is 79.4 Å². The standard InChI is InChI=1S/C18H22ClN5O2/c19-15-3-1-14(2-4-15)12-21-18(25)16-11-17(23-13-22-16)20-5-6-24-7-9-26-10-8-24/h1-4,11,13H,5-10,12H2,(H,21,25)(H,20,22,23). The maximum Gasteiger partial charge on any atom is 0.270 e. The first-order valence-electron chi connectivity index (χ1n) is 8.59. The molecule has 3 rings (SSSR count). The summed E-state index contributed by atoms with van der Waals surface area (Å²) in [7, 11) is 0. The second-order valence-electron chi connectivity index (χ2n) is 5.98. The fraction of sp³-hybridized carbons (Fsp3) is 0.389. The predicted octanol–water partition coefficient (Wildman–Crippen LogP) is 1.80. The van der Waals surface area contributed by atoms with E-state index in [-0.39, 0.29) is 5.91 Å². The molecule has 138 valence electrons. The van der Waals surface area contributed by atoms with Gasteiger partial charge in [-0.15, -0.1) is 0 Å². The van der Waals surface area contributed by atoms with Crippen LogP contribution in [0.5, 0.6) is 0 Å². The normalized spacial score (nSPS) is 14.8. The quantitative estimate of drug-likeness (QED) is 0.768. The van der Waals surface area contributed by atoms with E-state index >= 15 is 0 Å². The van der Waals surface area contributed by atoms with Crippen molar-refractivity contribution in [3.63, 3.8) is 0 Å². The van der Waals surface area contributed by atoms with Crippen molar-refractivity contribution in [1.29, 1.82) is 0 Å². The van der Waals surface area contributed by atoms with Crippen molar-refractivity contribution in [2.24, 2.45) is 0 Å². The summed E-state index contributed by atoms with van der Waals surface area (Å²) in [5, 5.41) is 6.76. The van der Waals surface area contributed by atoms with Crippen molar-refractivity contribution < 1.29 is 9.53 Å². The van der Waals surface area contributed by atoms with Crippen molar-refractivity contribution in [1.82, 2.24) is 20.2 Å². The van der Waals surface area contributed by atoms with Gasteiger partial charge in [-0.3, -0.25) is 9.69 Å². The van der Waals surface area contributed by atoms with Gasteiger partial charge in [0, 0.05) is 43.8 Å². The van der Waals surface area contributed by atoms with E-state index < -0.39 is 0 Å². The van der Waals surface area contributed by atoms with Crippen LogP contribution in [0.2, 0.25) is 5.02 Å². The molecular weight excluding hydrogens is 354 g/mol. The fourth-order valence-corrected chi connectivity index (χ4v) is 2.75. The van der Waals surface area contributed by atoms with Crippen LogP contribution in [0.3, 0.4) is 0 Å². The average molecular weight is 376 g/mol. The molecule has 0 spiro atoms. The summed E-state index contributed by atoms with van der Waals surface area (Å²) in [6.45, 7) is 5.54. The van der Waals surface area contributed by atoms with E-state index in [0.717, 1.165) is 45.0 Å². The number of hydrogen-bond donors (Lipinski definition) is 2. The Labute approximate surface area is 157 Å². The molecule has 2 N–H and O–H groups in total. The maximum absolute atomic E-state index is 12.3. The molecule has 0 unspecified atom stereocenters. The number of nitrogens with one attached hydrogen (secondary N) is 2. The second-order valence-corrected chi connectivity index (χ2v) is 6.41. The number of hydrogen-bond acceptors (Lipinski definition) is 6. The van der Waals surface area contributed by atoms with Crippen LogP contribution in [0.4, 0.5) is 5.82 Å². The molecule has 1 aliphatic heterocycles. The highest BCUT2D eigenvalue weighted by Crippen LogP contribution is 2.10. The monoisotopic (exact) mass is 375 g/mol. The first-order valence-corrected chi connectivity index (χ1v) is 8.97. The summed E-state index contributed by atoms with van der Waals surface area (Å²) >= 11 is 5.86. The molecule has 8 heteroatoms. The predicted molar refractivity (Wildman–Crippen MR) is 100 cm³/mol. The molecule has 0 bridgehead atoms. The summed E-state index contributed by atoms with van der Waals surface area (Å²) < 4.78 is 5.33. The number of carbonyl (C=O) groups excluding carboxylic acids is 1. The Morgan fingerprint density at radius 3 is 2.73 bits per heavy atom. The van der Waals surface area contributed by atoms with Gasteiger partial charge in [-0.2, -0.15) is 0 Å². The Hall–Kier alpha value is -2.22. The summed E-state index contributed by atoms with van der Waals surface area (Å²) in [6.07, 6.45) is 1.40. The minimum absolute atomic E-state index is 0.237. The van der Waals surface area contributed by atoms with E-state index in [1.165, 1.54) is 6.33 Å². The number of nitrogens with zero attached hydrogens (tertiary/aromatic N) is 3. The molecular formula is C18H22ClN5O2. The van der Waals surface area contributed by atoms with E-state index in [4.69, 9.17) is 16.3 Å². The van der Waals surface area contributed by atoms with Crippen LogP contribution < -0.4 is 10.6 Å². The summed E-state index contributed by atoms with van der Waals surface area (Å²) in [4.78, 5) is 22.8. The number of amides is 1. The lowest BCUT2D eigenvalue weighted by Crippen LogP contribution is -2.39. The largest absolute Gasteiger partial charge is 0.379 e. The molecule has 0 radical (unpaired) electrons. The van der Waals surface area contributed by atoms with Crippen molar-refractivity contribution in [3.8, 4) is 0 Å². The Bertz CT molecular complexity index is 720. The smallest absolute Gasteiger partial charge is 0.270 e. The van der Waals surface area contributed by atoms with E-state index in [0.29, 0.717) is 23.1 Å². The lowest BCUT2D eigenvalue weighted by atomic mass is 10.2. The number of morpholine rings is 1. The van der Waals surface area contributed by atoms with E-state index in [2.05, 4.69) is 25.5 Å². The molecule has 7 nitrogen and oxygen atoms in total. The van der Waals surface area contributed by atoms with Gasteiger partial charge in [0.2, 0.25) is 0 Å². The van der Waals surface area contributed by atoms with Crippen molar-refractivity contribution in [2.45, 2.75) is 6.54 Å². The number of ether oxygens (including phenoxy) is 1. The van der Waals surface area contributed by atoms with Crippen LogP contribution in [0.25, 0.3) is 0 Å². The van der Waals surface area contributed by atoms with Crippen LogP contribution >= 0.6 is 11.6 Å². The third-order valence-corrected chi connectivity index (χ3v) is 4.36. The fourth-order valence-electron chi connectivity index (χ4n) is 2.62. The SMILES string of the molecule is O=C(NCc1ccc(Cl)cc1)c1cc(NCCN2CCOCC2)ncn1. The van der Waals surface area contributed by atoms with Crippen LogP contribution in [0, 0.1) is 0 Å². The highest BCUT2D eigenvalue weighted by molar-refractivity contribution is 6.30. The van der Waals surface area contributed by atoms with Crippen LogP contribution in [0.15, 0.2) is 36.7 Å². The average Bonchev–Trinajstić information content (AvgIpc) is 2.68. The van der Waals surface area contributed by atoms with Gasteiger partial charge in [0.05, 0.1) is 13.2 Å². The minimum atomic E-state index is -0.237. The first-order chi connectivity index (χ1) is 12.7. The lowest BCUT2D eigenvalue weighted by molar-refractivity contribution is 0.0398. The number of rotatable bonds is 7. The number of carbonyl (C=O) groups is 1. The molecule has 1 aromatic heterocycles. The molecule has 1 aliphatic rings. The van der Waals surface area contributed by atoms with Gasteiger partial charge in [0.25, 0.3) is 5.91 Å². The summed E-state index contributed by atoms with van der Waals surface area (Å²) in [5.74, 6) is 0.406. The molecule has 0 aliphatic carbocycles. The van der Waals surface area contributed by atoms with Crippen molar-refractivity contribution in [2.75, 3.05) is 44.7 Å². The number of aromatic nitrogens is 2. The van der Waals surface area contributed by atoms with Gasteiger partial charge in [-0.25, -0.2) is 9.97 Å². The van der Waals surface area contributed by atoms with Crippen LogP contribution in [-0.2, 0) is 11.3 Å². The Kier molecular flexibility index (Phi) is 6.76. The van der Waals surface area contributed by atoms with E-state index in [9.17, 15) is 4.79 Å². The Balaban J connectivity index is 1.47.